The molecule has 1 heterocycles. The summed E-state index contributed by atoms with van der Waals surface area (Å²) >= 11 is 0. The summed E-state index contributed by atoms with van der Waals surface area (Å²) in [6.07, 6.45) is 5.02. The minimum Gasteiger partial charge on any atom is -0.481 e. The average Bonchev–Trinajstić information content (AvgIpc) is 3.12. The summed E-state index contributed by atoms with van der Waals surface area (Å²) in [5, 5.41) is 11.8. The van der Waals surface area contributed by atoms with Gasteiger partial charge in [-0.2, -0.15) is 0 Å². The number of carbonyl (C=O) groups is 2. The topological polar surface area (TPSA) is 82.8 Å². The van der Waals surface area contributed by atoms with Gasteiger partial charge in [-0.05, 0) is 31.4 Å². The number of hydrogen-bond donors (Lipinski definition) is 2. The van der Waals surface area contributed by atoms with Crippen LogP contribution in [0.1, 0.15) is 44.8 Å². The van der Waals surface area contributed by atoms with Crippen LogP contribution in [-0.4, -0.2) is 34.1 Å². The maximum Gasteiger partial charge on any atom is 0.318 e. The molecule has 1 atom stereocenters. The molecule has 6 heteroatoms. The molecule has 2 amide bonds. The van der Waals surface area contributed by atoms with Crippen LogP contribution in [0, 0.1) is 0 Å². The van der Waals surface area contributed by atoms with Crippen molar-refractivity contribution in [3.8, 4) is 0 Å². The molecule has 1 aromatic rings. The zero-order valence-corrected chi connectivity index (χ0v) is 12.2. The molecule has 1 saturated carbocycles. The van der Waals surface area contributed by atoms with Crippen molar-refractivity contribution in [3.63, 3.8) is 0 Å². The zero-order valence-electron chi connectivity index (χ0n) is 12.2. The zero-order chi connectivity index (χ0) is 15.2. The number of nitrogens with one attached hydrogen (secondary N) is 1. The van der Waals surface area contributed by atoms with Gasteiger partial charge in [0.05, 0.1) is 19.2 Å². The number of urea groups is 1. The molecule has 21 heavy (non-hydrogen) atoms. The monoisotopic (exact) mass is 294 g/mol. The van der Waals surface area contributed by atoms with Crippen LogP contribution in [-0.2, 0) is 11.3 Å². The van der Waals surface area contributed by atoms with Gasteiger partial charge in [0.25, 0.3) is 0 Å². The highest BCUT2D eigenvalue weighted by molar-refractivity contribution is 5.76. The second kappa shape index (κ2) is 7.15. The van der Waals surface area contributed by atoms with Gasteiger partial charge >= 0.3 is 12.0 Å². The van der Waals surface area contributed by atoms with E-state index in [0.29, 0.717) is 13.0 Å². The van der Waals surface area contributed by atoms with Crippen LogP contribution in [0.3, 0.4) is 0 Å². The fourth-order valence-electron chi connectivity index (χ4n) is 2.37. The summed E-state index contributed by atoms with van der Waals surface area (Å²) in [6, 6.07) is 3.35. The maximum absolute atomic E-state index is 12.4. The normalized spacial score (nSPS) is 15.5. The minimum absolute atomic E-state index is 0.0428. The highest BCUT2D eigenvalue weighted by atomic mass is 16.4. The first-order valence-corrected chi connectivity index (χ1v) is 7.41. The van der Waals surface area contributed by atoms with Crippen LogP contribution in [0.25, 0.3) is 0 Å². The molecule has 6 nitrogen and oxygen atoms in total. The fraction of sp³-hybridized carbons (Fsp3) is 0.600. The minimum atomic E-state index is -0.891. The summed E-state index contributed by atoms with van der Waals surface area (Å²) < 4.78 is 5.29. The molecule has 116 valence electrons. The Morgan fingerprint density at radius 1 is 1.52 bits per heavy atom. The lowest BCUT2D eigenvalue weighted by Crippen LogP contribution is -2.46. The lowest BCUT2D eigenvalue weighted by Gasteiger charge is -2.25. The van der Waals surface area contributed by atoms with Gasteiger partial charge in [-0.15, -0.1) is 0 Å². The molecule has 0 bridgehead atoms. The number of furan rings is 1. The van der Waals surface area contributed by atoms with Gasteiger partial charge < -0.3 is 19.7 Å². The lowest BCUT2D eigenvalue weighted by molar-refractivity contribution is -0.137. The van der Waals surface area contributed by atoms with Gasteiger partial charge in [-0.1, -0.05) is 13.3 Å². The first kappa shape index (κ1) is 15.4. The molecule has 1 unspecified atom stereocenters. The summed E-state index contributed by atoms with van der Waals surface area (Å²) in [6.45, 7) is 2.40. The second-order valence-corrected chi connectivity index (χ2v) is 5.47. The molecule has 0 aliphatic heterocycles. The average molecular weight is 294 g/mol. The van der Waals surface area contributed by atoms with Crippen molar-refractivity contribution in [3.05, 3.63) is 24.2 Å². The maximum atomic E-state index is 12.4. The molecule has 1 fully saturated rings. The number of nitrogens with zero attached hydrogens (tertiary/aromatic N) is 1. The van der Waals surface area contributed by atoms with E-state index in [1.54, 1.807) is 17.2 Å². The second-order valence-electron chi connectivity index (χ2n) is 5.47. The number of aliphatic carboxylic acids is 1. The van der Waals surface area contributed by atoms with E-state index < -0.39 is 5.97 Å². The van der Waals surface area contributed by atoms with E-state index >= 15 is 0 Å². The highest BCUT2D eigenvalue weighted by Crippen LogP contribution is 2.28. The summed E-state index contributed by atoms with van der Waals surface area (Å²) in [7, 11) is 0. The smallest absolute Gasteiger partial charge is 0.318 e. The Bertz CT molecular complexity index is 468. The largest absolute Gasteiger partial charge is 0.481 e. The van der Waals surface area contributed by atoms with Crippen molar-refractivity contribution in [1.82, 2.24) is 10.2 Å². The van der Waals surface area contributed by atoms with Crippen molar-refractivity contribution in [2.45, 2.75) is 57.7 Å². The van der Waals surface area contributed by atoms with Crippen LogP contribution >= 0.6 is 0 Å². The SMILES string of the molecule is CCCC(CC(=O)O)NC(=O)N(Cc1ccco1)C1CC1. The molecular formula is C15H22N2O4. The first-order valence-electron chi connectivity index (χ1n) is 7.41. The third kappa shape index (κ3) is 4.81. The molecule has 2 rings (SSSR count). The van der Waals surface area contributed by atoms with Gasteiger partial charge in [0.15, 0.2) is 0 Å². The Morgan fingerprint density at radius 2 is 2.29 bits per heavy atom. The van der Waals surface area contributed by atoms with Crippen LogP contribution in [0.15, 0.2) is 22.8 Å². The van der Waals surface area contributed by atoms with E-state index in [1.807, 2.05) is 13.0 Å². The Labute approximate surface area is 124 Å². The number of carboxylic acids is 1. The quantitative estimate of drug-likeness (QED) is 0.772. The van der Waals surface area contributed by atoms with E-state index in [9.17, 15) is 9.59 Å². The third-order valence-electron chi connectivity index (χ3n) is 3.54. The van der Waals surface area contributed by atoms with Gasteiger partial charge in [-0.25, -0.2) is 4.79 Å². The van der Waals surface area contributed by atoms with Gasteiger partial charge in [0.1, 0.15) is 5.76 Å². The van der Waals surface area contributed by atoms with Crippen LogP contribution < -0.4 is 5.32 Å². The number of amides is 2. The molecule has 0 aromatic carbocycles. The Balaban J connectivity index is 1.95. The van der Waals surface area contributed by atoms with E-state index in [0.717, 1.165) is 25.0 Å². The van der Waals surface area contributed by atoms with Gasteiger partial charge in [0, 0.05) is 12.1 Å². The van der Waals surface area contributed by atoms with E-state index in [-0.39, 0.29) is 24.5 Å². The number of carbonyl (C=O) groups excluding carboxylic acids is 1. The molecule has 0 radical (unpaired) electrons. The Hall–Kier alpha value is -1.98. The van der Waals surface area contributed by atoms with Gasteiger partial charge in [-0.3, -0.25) is 4.79 Å². The van der Waals surface area contributed by atoms with E-state index in [1.165, 1.54) is 0 Å². The lowest BCUT2D eigenvalue weighted by atomic mass is 10.1. The molecule has 1 aliphatic carbocycles. The first-order chi connectivity index (χ1) is 10.1. The van der Waals surface area contributed by atoms with Crippen molar-refractivity contribution < 1.29 is 19.1 Å². The predicted octanol–water partition coefficient (Wildman–Crippen LogP) is 2.60. The van der Waals surface area contributed by atoms with Crippen molar-refractivity contribution >= 4 is 12.0 Å². The molecule has 1 aliphatic rings. The summed E-state index contributed by atoms with van der Waals surface area (Å²) in [5.74, 6) is -0.153. The molecule has 1 aromatic heterocycles. The van der Waals surface area contributed by atoms with Gasteiger partial charge in [0.2, 0.25) is 0 Å². The van der Waals surface area contributed by atoms with Crippen LogP contribution in [0.2, 0.25) is 0 Å². The fourth-order valence-corrected chi connectivity index (χ4v) is 2.37. The molecular weight excluding hydrogens is 272 g/mol. The van der Waals surface area contributed by atoms with E-state index in [2.05, 4.69) is 5.32 Å². The van der Waals surface area contributed by atoms with Crippen molar-refractivity contribution in [2.24, 2.45) is 0 Å². The molecule has 0 spiro atoms. The van der Waals surface area contributed by atoms with Crippen molar-refractivity contribution in [2.75, 3.05) is 0 Å². The standard InChI is InChI=1S/C15H22N2O4/c1-2-4-11(9-14(18)19)16-15(20)17(12-6-7-12)10-13-5-3-8-21-13/h3,5,8,11-12H,2,4,6-7,9-10H2,1H3,(H,16,20)(H,18,19). The van der Waals surface area contributed by atoms with Crippen LogP contribution in [0.5, 0.6) is 0 Å². The third-order valence-corrected chi connectivity index (χ3v) is 3.54. The highest BCUT2D eigenvalue weighted by Gasteiger charge is 2.34. The number of hydrogen-bond acceptors (Lipinski definition) is 3. The van der Waals surface area contributed by atoms with Crippen molar-refractivity contribution in [1.29, 1.82) is 0 Å². The number of rotatable bonds is 8. The Kier molecular flexibility index (Phi) is 5.25. The Morgan fingerprint density at radius 3 is 2.81 bits per heavy atom. The summed E-state index contributed by atoms with van der Waals surface area (Å²) in [4.78, 5) is 25.0. The number of carboxylic acid groups (broad SMARTS) is 1. The van der Waals surface area contributed by atoms with Crippen LogP contribution in [0.4, 0.5) is 4.79 Å². The molecule has 2 N–H and O–H groups in total. The predicted molar refractivity (Wildman–Crippen MR) is 76.8 cm³/mol. The molecule has 0 saturated heterocycles. The van der Waals surface area contributed by atoms with E-state index in [4.69, 9.17) is 9.52 Å². The summed E-state index contributed by atoms with van der Waals surface area (Å²) in [5.41, 5.74) is 0.